The lowest BCUT2D eigenvalue weighted by Gasteiger charge is -2.24. The quantitative estimate of drug-likeness (QED) is 0.936. The Morgan fingerprint density at radius 3 is 2.81 bits per heavy atom. The number of nitrogens with one attached hydrogen (secondary N) is 1. The number of anilines is 1. The highest BCUT2D eigenvalue weighted by molar-refractivity contribution is 5.94. The van der Waals surface area contributed by atoms with Crippen LogP contribution >= 0.6 is 0 Å². The van der Waals surface area contributed by atoms with Gasteiger partial charge in [0.1, 0.15) is 17.3 Å². The fourth-order valence-electron chi connectivity index (χ4n) is 2.72. The third kappa shape index (κ3) is 2.22. The minimum atomic E-state index is -0.0664. The number of ether oxygens (including phenoxy) is 2. The fraction of sp³-hybridized carbons (Fsp3) is 0.333. The molecule has 0 saturated heterocycles. The Morgan fingerprint density at radius 2 is 2.10 bits per heavy atom. The second-order valence-electron chi connectivity index (χ2n) is 4.98. The Labute approximate surface area is 122 Å². The molecular formula is C15H17N3O3. The van der Waals surface area contributed by atoms with Crippen LogP contribution in [0.3, 0.4) is 0 Å². The second-order valence-corrected chi connectivity index (χ2v) is 4.98. The van der Waals surface area contributed by atoms with E-state index >= 15 is 0 Å². The zero-order valence-electron chi connectivity index (χ0n) is 12.2. The molecule has 1 N–H and O–H groups in total. The summed E-state index contributed by atoms with van der Waals surface area (Å²) in [6.07, 6.45) is 2.17. The van der Waals surface area contributed by atoms with Crippen LogP contribution < -0.4 is 14.8 Å². The number of carbonyl (C=O) groups is 1. The predicted molar refractivity (Wildman–Crippen MR) is 77.8 cm³/mol. The minimum Gasteiger partial charge on any atom is -0.497 e. The molecule has 0 radical (unpaired) electrons. The van der Waals surface area contributed by atoms with Gasteiger partial charge < -0.3 is 14.8 Å². The van der Waals surface area contributed by atoms with Crippen molar-refractivity contribution in [2.24, 2.45) is 7.05 Å². The molecule has 6 heteroatoms. The topological polar surface area (TPSA) is 65.4 Å². The summed E-state index contributed by atoms with van der Waals surface area (Å²) >= 11 is 0. The van der Waals surface area contributed by atoms with Gasteiger partial charge in [-0.3, -0.25) is 9.48 Å². The van der Waals surface area contributed by atoms with Gasteiger partial charge in [-0.1, -0.05) is 6.07 Å². The number of benzene rings is 1. The molecule has 1 aromatic carbocycles. The lowest BCUT2D eigenvalue weighted by atomic mass is 9.86. The van der Waals surface area contributed by atoms with Gasteiger partial charge in [0.15, 0.2) is 0 Å². The van der Waals surface area contributed by atoms with Crippen LogP contribution in [0.15, 0.2) is 24.4 Å². The SMILES string of the molecule is COc1ccc([C@H]2CC(=O)Nc3c2cnn3C)c(OC)c1. The molecule has 6 nitrogen and oxygen atoms in total. The molecule has 21 heavy (non-hydrogen) atoms. The van der Waals surface area contributed by atoms with Crippen LogP contribution in [0, 0.1) is 0 Å². The Morgan fingerprint density at radius 1 is 1.29 bits per heavy atom. The number of hydrogen-bond acceptors (Lipinski definition) is 4. The van der Waals surface area contributed by atoms with E-state index in [0.29, 0.717) is 12.2 Å². The maximum atomic E-state index is 12.0. The van der Waals surface area contributed by atoms with Crippen molar-refractivity contribution >= 4 is 11.7 Å². The number of aryl methyl sites for hydroxylation is 1. The van der Waals surface area contributed by atoms with Crippen molar-refractivity contribution in [1.82, 2.24) is 9.78 Å². The molecule has 0 aliphatic carbocycles. The highest BCUT2D eigenvalue weighted by Crippen LogP contribution is 2.41. The summed E-state index contributed by atoms with van der Waals surface area (Å²) < 4.78 is 12.4. The summed E-state index contributed by atoms with van der Waals surface area (Å²) in [4.78, 5) is 12.0. The molecule has 0 spiro atoms. The van der Waals surface area contributed by atoms with E-state index in [-0.39, 0.29) is 11.8 Å². The van der Waals surface area contributed by atoms with Crippen molar-refractivity contribution in [3.05, 3.63) is 35.5 Å². The number of nitrogens with zero attached hydrogens (tertiary/aromatic N) is 2. The average molecular weight is 287 g/mol. The van der Waals surface area contributed by atoms with Gasteiger partial charge in [0.25, 0.3) is 0 Å². The third-order valence-electron chi connectivity index (χ3n) is 3.81. The first kappa shape index (κ1) is 13.5. The first-order chi connectivity index (χ1) is 10.1. The molecule has 1 atom stereocenters. The zero-order chi connectivity index (χ0) is 15.0. The van der Waals surface area contributed by atoms with E-state index in [0.717, 1.165) is 22.7 Å². The Bertz CT molecular complexity index is 693. The Kier molecular flexibility index (Phi) is 3.29. The van der Waals surface area contributed by atoms with Gasteiger partial charge in [-0.2, -0.15) is 5.10 Å². The van der Waals surface area contributed by atoms with Crippen molar-refractivity contribution in [2.75, 3.05) is 19.5 Å². The minimum absolute atomic E-state index is 0.0195. The van der Waals surface area contributed by atoms with Gasteiger partial charge in [-0.05, 0) is 6.07 Å². The normalized spacial score (nSPS) is 17.1. The molecule has 3 rings (SSSR count). The summed E-state index contributed by atoms with van der Waals surface area (Å²) in [5.41, 5.74) is 1.96. The first-order valence-corrected chi connectivity index (χ1v) is 6.67. The van der Waals surface area contributed by atoms with E-state index < -0.39 is 0 Å². The standard InChI is InChI=1S/C15H17N3O3/c1-18-15-12(8-16-18)11(7-14(19)17-15)10-5-4-9(20-2)6-13(10)21-3/h4-6,8,11H,7H2,1-3H3,(H,17,19)/t11-/m1/s1. The lowest BCUT2D eigenvalue weighted by Crippen LogP contribution is -2.24. The fourth-order valence-corrected chi connectivity index (χ4v) is 2.72. The second kappa shape index (κ2) is 5.12. The summed E-state index contributed by atoms with van der Waals surface area (Å²) in [6, 6.07) is 5.65. The molecule has 1 aliphatic rings. The number of hydrogen-bond donors (Lipinski definition) is 1. The number of methoxy groups -OCH3 is 2. The van der Waals surface area contributed by atoms with Crippen LogP contribution in [-0.4, -0.2) is 29.9 Å². The number of carbonyl (C=O) groups excluding carboxylic acids is 1. The maximum absolute atomic E-state index is 12.0. The van der Waals surface area contributed by atoms with Crippen LogP contribution in [0.25, 0.3) is 0 Å². The van der Waals surface area contributed by atoms with Crippen LogP contribution in [0.2, 0.25) is 0 Å². The van der Waals surface area contributed by atoms with E-state index in [9.17, 15) is 4.79 Å². The maximum Gasteiger partial charge on any atom is 0.226 e. The summed E-state index contributed by atoms with van der Waals surface area (Å²) in [5, 5.41) is 7.10. The molecule has 2 heterocycles. The predicted octanol–water partition coefficient (Wildman–Crippen LogP) is 1.91. The largest absolute Gasteiger partial charge is 0.497 e. The van der Waals surface area contributed by atoms with Gasteiger partial charge in [-0.15, -0.1) is 0 Å². The highest BCUT2D eigenvalue weighted by atomic mass is 16.5. The zero-order valence-corrected chi connectivity index (χ0v) is 12.2. The lowest BCUT2D eigenvalue weighted by molar-refractivity contribution is -0.116. The van der Waals surface area contributed by atoms with Crippen molar-refractivity contribution < 1.29 is 14.3 Å². The third-order valence-corrected chi connectivity index (χ3v) is 3.81. The van der Waals surface area contributed by atoms with Gasteiger partial charge in [0.05, 0.1) is 20.4 Å². The van der Waals surface area contributed by atoms with Crippen molar-refractivity contribution in [2.45, 2.75) is 12.3 Å². The molecule has 1 amide bonds. The number of rotatable bonds is 3. The average Bonchev–Trinajstić information content (AvgIpc) is 2.87. The Hall–Kier alpha value is -2.50. The highest BCUT2D eigenvalue weighted by Gasteiger charge is 2.31. The van der Waals surface area contributed by atoms with E-state index in [1.807, 2.05) is 25.2 Å². The van der Waals surface area contributed by atoms with Crippen LogP contribution in [0.1, 0.15) is 23.5 Å². The van der Waals surface area contributed by atoms with Gasteiger partial charge in [-0.25, -0.2) is 0 Å². The molecule has 1 aromatic heterocycles. The van der Waals surface area contributed by atoms with Crippen molar-refractivity contribution in [3.8, 4) is 11.5 Å². The monoisotopic (exact) mass is 287 g/mol. The summed E-state index contributed by atoms with van der Waals surface area (Å²) in [7, 11) is 5.04. The van der Waals surface area contributed by atoms with Gasteiger partial charge in [0.2, 0.25) is 5.91 Å². The molecule has 1 aliphatic heterocycles. The number of aromatic nitrogens is 2. The molecule has 0 unspecified atom stereocenters. The summed E-state index contributed by atoms with van der Waals surface area (Å²) in [5.74, 6) is 2.09. The smallest absolute Gasteiger partial charge is 0.226 e. The van der Waals surface area contributed by atoms with Crippen LogP contribution in [0.4, 0.5) is 5.82 Å². The van der Waals surface area contributed by atoms with E-state index in [1.165, 1.54) is 0 Å². The number of amides is 1. The molecular weight excluding hydrogens is 270 g/mol. The van der Waals surface area contributed by atoms with E-state index in [4.69, 9.17) is 9.47 Å². The summed E-state index contributed by atoms with van der Waals surface area (Å²) in [6.45, 7) is 0. The van der Waals surface area contributed by atoms with E-state index in [2.05, 4.69) is 10.4 Å². The van der Waals surface area contributed by atoms with Crippen molar-refractivity contribution in [3.63, 3.8) is 0 Å². The van der Waals surface area contributed by atoms with Crippen LogP contribution in [-0.2, 0) is 11.8 Å². The van der Waals surface area contributed by atoms with E-state index in [1.54, 1.807) is 25.1 Å². The molecule has 0 saturated carbocycles. The molecule has 0 fully saturated rings. The first-order valence-electron chi connectivity index (χ1n) is 6.67. The molecule has 2 aromatic rings. The molecule has 0 bridgehead atoms. The molecule has 110 valence electrons. The van der Waals surface area contributed by atoms with Gasteiger partial charge in [0, 0.05) is 36.6 Å². The number of fused-ring (bicyclic) bond motifs is 1. The Balaban J connectivity index is 2.10. The van der Waals surface area contributed by atoms with Crippen LogP contribution in [0.5, 0.6) is 11.5 Å². The van der Waals surface area contributed by atoms with Crippen molar-refractivity contribution in [1.29, 1.82) is 0 Å². The van der Waals surface area contributed by atoms with Gasteiger partial charge >= 0.3 is 0 Å².